The molecule has 280 valence electrons. The molecule has 1 atom stereocenters. The van der Waals surface area contributed by atoms with E-state index in [1.807, 2.05) is 99.0 Å². The molecule has 0 spiro atoms. The molecule has 0 bridgehead atoms. The summed E-state index contributed by atoms with van der Waals surface area (Å²) in [6.45, 7) is 9.35. The fraction of sp³-hybridized carbons (Fsp3) is 0.357. The summed E-state index contributed by atoms with van der Waals surface area (Å²) in [4.78, 5) is 13.7. The van der Waals surface area contributed by atoms with Crippen LogP contribution >= 0.6 is 0 Å². The van der Waals surface area contributed by atoms with Crippen molar-refractivity contribution in [1.29, 1.82) is 0 Å². The van der Waals surface area contributed by atoms with E-state index in [9.17, 15) is 18.7 Å². The highest BCUT2D eigenvalue weighted by Gasteiger charge is 2.53. The van der Waals surface area contributed by atoms with Gasteiger partial charge in [-0.15, -0.1) is 8.78 Å². The van der Waals surface area contributed by atoms with E-state index in [2.05, 4.69) is 14.8 Å². The smallest absolute Gasteiger partial charge is 0.395 e. The topological polar surface area (TPSA) is 91.2 Å². The van der Waals surface area contributed by atoms with Crippen LogP contribution in [-0.2, 0) is 44.9 Å². The molecule has 1 aliphatic heterocycles. The first-order valence-corrected chi connectivity index (χ1v) is 17.9. The zero-order chi connectivity index (χ0) is 37.8. The Labute approximate surface area is 307 Å². The number of carbonyl (C=O) groups excluding carboxylic acids is 1. The predicted octanol–water partition coefficient (Wildman–Crippen LogP) is 8.87. The Kier molecular flexibility index (Phi) is 11.2. The molecule has 1 saturated carbocycles. The standard InChI is InChI=1S/C40H39F3N2O6.C2H6/c1-38(2,25-49-23-27-11-7-4-8-12-27)36-18-28-17-32(31(41)20-33(28)45(36)21-30(46)24-48-22-26-9-5-3-6-10-26)44-37(47)39(15-16-39)29-13-14-34-35(19-29)51-40(42,43)50-34;1-2/h3-14,17-20,30,46H,15-16,21-25H2,1-2H3,(H,44,47);1-2H3/t30-;/m1./s1. The molecule has 2 aliphatic rings. The summed E-state index contributed by atoms with van der Waals surface area (Å²) in [5.41, 5.74) is 2.26. The molecule has 8 nitrogen and oxygen atoms in total. The highest BCUT2D eigenvalue weighted by atomic mass is 19.3. The van der Waals surface area contributed by atoms with Crippen molar-refractivity contribution in [1.82, 2.24) is 4.57 Å². The van der Waals surface area contributed by atoms with E-state index in [-0.39, 0.29) is 30.3 Å². The van der Waals surface area contributed by atoms with Crippen LogP contribution in [0.25, 0.3) is 10.9 Å². The molecule has 1 aromatic heterocycles. The number of rotatable bonds is 14. The Morgan fingerprint density at radius 2 is 1.51 bits per heavy atom. The summed E-state index contributed by atoms with van der Waals surface area (Å²) in [7, 11) is 0. The van der Waals surface area contributed by atoms with Crippen LogP contribution in [0.4, 0.5) is 18.9 Å². The van der Waals surface area contributed by atoms with Crippen LogP contribution < -0.4 is 14.8 Å². The van der Waals surface area contributed by atoms with Gasteiger partial charge in [-0.25, -0.2) is 4.39 Å². The van der Waals surface area contributed by atoms with Gasteiger partial charge in [-0.3, -0.25) is 4.79 Å². The molecule has 1 aliphatic carbocycles. The molecule has 5 aromatic rings. The number of nitrogens with zero attached hydrogens (tertiary/aromatic N) is 1. The minimum absolute atomic E-state index is 0.0142. The van der Waals surface area contributed by atoms with E-state index >= 15 is 4.39 Å². The van der Waals surface area contributed by atoms with Gasteiger partial charge in [0, 0.05) is 22.6 Å². The summed E-state index contributed by atoms with van der Waals surface area (Å²) in [5.74, 6) is -1.37. The molecule has 0 radical (unpaired) electrons. The molecule has 0 saturated heterocycles. The predicted molar refractivity (Wildman–Crippen MR) is 197 cm³/mol. The third kappa shape index (κ3) is 8.53. The van der Waals surface area contributed by atoms with Gasteiger partial charge < -0.3 is 33.9 Å². The van der Waals surface area contributed by atoms with Gasteiger partial charge in [-0.2, -0.15) is 0 Å². The lowest BCUT2D eigenvalue weighted by Gasteiger charge is -2.28. The number of aliphatic hydroxyl groups is 1. The van der Waals surface area contributed by atoms with Crippen molar-refractivity contribution in [3.8, 4) is 11.5 Å². The number of carbonyl (C=O) groups is 1. The molecule has 1 amide bonds. The van der Waals surface area contributed by atoms with Gasteiger partial charge in [-0.05, 0) is 53.8 Å². The number of aromatic nitrogens is 1. The lowest BCUT2D eigenvalue weighted by Crippen LogP contribution is -2.30. The Hall–Kier alpha value is -4.84. The molecule has 11 heteroatoms. The maximum atomic E-state index is 15.9. The van der Waals surface area contributed by atoms with Crippen molar-refractivity contribution in [3.05, 3.63) is 125 Å². The Morgan fingerprint density at radius 1 is 0.887 bits per heavy atom. The van der Waals surface area contributed by atoms with E-state index in [0.717, 1.165) is 16.8 Å². The molecule has 2 heterocycles. The van der Waals surface area contributed by atoms with Crippen molar-refractivity contribution in [2.75, 3.05) is 18.5 Å². The third-order valence-electron chi connectivity index (χ3n) is 9.46. The number of hydrogen-bond acceptors (Lipinski definition) is 6. The van der Waals surface area contributed by atoms with Crippen LogP contribution in [0.3, 0.4) is 0 Å². The van der Waals surface area contributed by atoms with Crippen molar-refractivity contribution in [2.24, 2.45) is 0 Å². The van der Waals surface area contributed by atoms with Crippen LogP contribution in [0.1, 0.15) is 62.9 Å². The summed E-state index contributed by atoms with van der Waals surface area (Å²) in [6.07, 6.45) is -3.76. The second kappa shape index (κ2) is 15.6. The molecule has 2 N–H and O–H groups in total. The van der Waals surface area contributed by atoms with Gasteiger partial charge in [0.05, 0.1) is 55.7 Å². The first-order valence-electron chi connectivity index (χ1n) is 17.9. The average Bonchev–Trinajstić information content (AvgIpc) is 3.80. The van der Waals surface area contributed by atoms with Gasteiger partial charge in [0.2, 0.25) is 5.91 Å². The summed E-state index contributed by atoms with van der Waals surface area (Å²) in [5, 5.41) is 14.5. The number of halogens is 3. The van der Waals surface area contributed by atoms with Crippen molar-refractivity contribution in [2.45, 2.75) is 83.5 Å². The number of anilines is 1. The first kappa shape index (κ1) is 37.9. The van der Waals surface area contributed by atoms with E-state index in [4.69, 9.17) is 9.47 Å². The van der Waals surface area contributed by atoms with E-state index < -0.39 is 35.0 Å². The largest absolute Gasteiger partial charge is 0.586 e. The van der Waals surface area contributed by atoms with Crippen LogP contribution in [-0.4, -0.2) is 41.2 Å². The number of amides is 1. The number of aliphatic hydroxyl groups excluding tert-OH is 1. The van der Waals surface area contributed by atoms with Gasteiger partial charge in [0.1, 0.15) is 5.82 Å². The van der Waals surface area contributed by atoms with E-state index in [0.29, 0.717) is 49.1 Å². The van der Waals surface area contributed by atoms with Gasteiger partial charge >= 0.3 is 6.29 Å². The molecular formula is C42H45F3N2O6. The maximum absolute atomic E-state index is 15.9. The molecule has 4 aromatic carbocycles. The van der Waals surface area contributed by atoms with Gasteiger partial charge in [0.25, 0.3) is 0 Å². The lowest BCUT2D eigenvalue weighted by molar-refractivity contribution is -0.286. The monoisotopic (exact) mass is 730 g/mol. The number of ether oxygens (including phenoxy) is 4. The minimum atomic E-state index is -3.78. The van der Waals surface area contributed by atoms with Crippen LogP contribution in [0.2, 0.25) is 0 Å². The zero-order valence-electron chi connectivity index (χ0n) is 30.3. The number of fused-ring (bicyclic) bond motifs is 2. The summed E-state index contributed by atoms with van der Waals surface area (Å²) < 4.78 is 66.1. The maximum Gasteiger partial charge on any atom is 0.586 e. The molecule has 1 fully saturated rings. The van der Waals surface area contributed by atoms with Crippen LogP contribution in [0.15, 0.2) is 97.1 Å². The van der Waals surface area contributed by atoms with Crippen molar-refractivity contribution >= 4 is 22.5 Å². The summed E-state index contributed by atoms with van der Waals surface area (Å²) in [6, 6.07) is 28.7. The second-order valence-electron chi connectivity index (χ2n) is 13.9. The SMILES string of the molecule is CC.CC(C)(COCc1ccccc1)c1cc2cc(NC(=O)C3(c4ccc5c(c4)OC(F)(F)O5)CC3)c(F)cc2n1C[C@@H](O)COCc1ccccc1. The normalized spacial score (nSPS) is 15.8. The first-order chi connectivity index (χ1) is 25.4. The third-order valence-corrected chi connectivity index (χ3v) is 9.46. The lowest BCUT2D eigenvalue weighted by atomic mass is 9.90. The summed E-state index contributed by atoms with van der Waals surface area (Å²) >= 11 is 0. The zero-order valence-corrected chi connectivity index (χ0v) is 30.3. The van der Waals surface area contributed by atoms with E-state index in [1.54, 1.807) is 12.1 Å². The number of alkyl halides is 2. The molecule has 53 heavy (non-hydrogen) atoms. The van der Waals surface area contributed by atoms with Crippen LogP contribution in [0, 0.1) is 5.82 Å². The van der Waals surface area contributed by atoms with E-state index in [1.165, 1.54) is 18.2 Å². The number of hydrogen-bond donors (Lipinski definition) is 2. The number of benzene rings is 4. The van der Waals surface area contributed by atoms with Gasteiger partial charge in [-0.1, -0.05) is 94.4 Å². The van der Waals surface area contributed by atoms with Crippen LogP contribution in [0.5, 0.6) is 11.5 Å². The second-order valence-corrected chi connectivity index (χ2v) is 13.9. The minimum Gasteiger partial charge on any atom is -0.395 e. The highest BCUT2D eigenvalue weighted by Crippen LogP contribution is 2.52. The van der Waals surface area contributed by atoms with Gasteiger partial charge in [0.15, 0.2) is 11.5 Å². The van der Waals surface area contributed by atoms with Crippen molar-refractivity contribution in [3.63, 3.8) is 0 Å². The molecule has 7 rings (SSSR count). The Bertz CT molecular complexity index is 2030. The fourth-order valence-electron chi connectivity index (χ4n) is 6.62. The quantitative estimate of drug-likeness (QED) is 0.119. The number of nitrogens with one attached hydrogen (secondary N) is 1. The molecule has 0 unspecified atom stereocenters. The van der Waals surface area contributed by atoms with Crippen molar-refractivity contribution < 1.29 is 42.0 Å². The average molecular weight is 731 g/mol. The Balaban J connectivity index is 0.00000236. The highest BCUT2D eigenvalue weighted by molar-refractivity contribution is 6.03. The fourth-order valence-corrected chi connectivity index (χ4v) is 6.62. The Morgan fingerprint density at radius 3 is 2.15 bits per heavy atom. The molecular weight excluding hydrogens is 685 g/mol.